The van der Waals surface area contributed by atoms with Crippen molar-refractivity contribution >= 4 is 11.0 Å². The van der Waals surface area contributed by atoms with E-state index < -0.39 is 0 Å². The molecule has 0 amide bonds. The second kappa shape index (κ2) is 8.89. The van der Waals surface area contributed by atoms with E-state index in [1.54, 1.807) is 13.2 Å². The van der Waals surface area contributed by atoms with Crippen LogP contribution >= 0.6 is 0 Å². The van der Waals surface area contributed by atoms with E-state index in [0.717, 1.165) is 71.7 Å². The average molecular weight is 443 g/mol. The fourth-order valence-electron chi connectivity index (χ4n) is 4.63. The van der Waals surface area contributed by atoms with Crippen molar-refractivity contribution in [2.45, 2.75) is 13.5 Å². The molecule has 5 rings (SSSR count). The minimum absolute atomic E-state index is 0.134. The Morgan fingerprint density at radius 2 is 1.70 bits per heavy atom. The van der Waals surface area contributed by atoms with Crippen molar-refractivity contribution in [2.24, 2.45) is 0 Å². The predicted octanol–water partition coefficient (Wildman–Crippen LogP) is 4.67. The Morgan fingerprint density at radius 3 is 2.42 bits per heavy atom. The van der Waals surface area contributed by atoms with E-state index in [-0.39, 0.29) is 5.75 Å². The number of phenols is 1. The predicted molar refractivity (Wildman–Crippen MR) is 133 cm³/mol. The highest BCUT2D eigenvalue weighted by atomic mass is 16.5. The van der Waals surface area contributed by atoms with Crippen molar-refractivity contribution in [3.05, 3.63) is 66.0 Å². The number of H-pyrrole nitrogens is 1. The molecule has 0 unspecified atom stereocenters. The molecule has 33 heavy (non-hydrogen) atoms. The topological polar surface area (TPSA) is 64.6 Å². The lowest BCUT2D eigenvalue weighted by Crippen LogP contribution is -2.43. The van der Waals surface area contributed by atoms with E-state index in [2.05, 4.69) is 52.2 Å². The van der Waals surface area contributed by atoms with Gasteiger partial charge in [0.1, 0.15) is 5.65 Å². The van der Waals surface area contributed by atoms with Crippen LogP contribution < -0.4 is 4.74 Å². The Hall–Kier alpha value is -3.35. The van der Waals surface area contributed by atoms with E-state index in [1.165, 1.54) is 5.56 Å². The molecule has 170 valence electrons. The quantitative estimate of drug-likeness (QED) is 0.470. The molecule has 1 fully saturated rings. The number of likely N-dealkylation sites (N-methyl/N-ethyl adjacent to an activating group) is 1. The lowest BCUT2D eigenvalue weighted by atomic mass is 9.99. The Bertz CT molecular complexity index is 1270. The standard InChI is InChI=1S/C27H30N4O2/c1-18-26(21-8-9-24(32)25(15-21)33-3)23-14-22(16-28-27(23)29-18)20-6-4-19(5-7-20)17-31-12-10-30(2)11-13-31/h4-9,14-16,32H,10-13,17H2,1-3H3,(H,28,29). The molecule has 0 aliphatic carbocycles. The van der Waals surface area contributed by atoms with Gasteiger partial charge in [0.15, 0.2) is 11.5 Å². The number of piperazine rings is 1. The molecule has 6 heteroatoms. The van der Waals surface area contributed by atoms with Crippen LogP contribution in [0.15, 0.2) is 54.7 Å². The molecule has 0 radical (unpaired) electrons. The SMILES string of the molecule is COc1cc(-c2c(C)[nH]c3ncc(-c4ccc(CN5CCN(C)CC5)cc4)cc23)ccc1O. The molecule has 1 saturated heterocycles. The third kappa shape index (κ3) is 4.32. The number of nitrogens with one attached hydrogen (secondary N) is 1. The van der Waals surface area contributed by atoms with Crippen LogP contribution in [0.3, 0.4) is 0 Å². The van der Waals surface area contributed by atoms with Crippen molar-refractivity contribution < 1.29 is 9.84 Å². The lowest BCUT2D eigenvalue weighted by molar-refractivity contribution is 0.148. The Labute approximate surface area is 194 Å². The Kier molecular flexibility index (Phi) is 5.79. The number of aryl methyl sites for hydroxylation is 1. The van der Waals surface area contributed by atoms with Crippen LogP contribution in [0, 0.1) is 6.92 Å². The third-order valence-electron chi connectivity index (χ3n) is 6.60. The largest absolute Gasteiger partial charge is 0.504 e. The van der Waals surface area contributed by atoms with Gasteiger partial charge in [-0.2, -0.15) is 0 Å². The van der Waals surface area contributed by atoms with Crippen LogP contribution in [0.25, 0.3) is 33.3 Å². The summed E-state index contributed by atoms with van der Waals surface area (Å²) in [5.41, 5.74) is 7.51. The van der Waals surface area contributed by atoms with Crippen LogP contribution in [-0.4, -0.2) is 65.2 Å². The number of methoxy groups -OCH3 is 1. The van der Waals surface area contributed by atoms with E-state index in [4.69, 9.17) is 9.72 Å². The van der Waals surface area contributed by atoms with Crippen molar-refractivity contribution in [2.75, 3.05) is 40.3 Å². The van der Waals surface area contributed by atoms with Gasteiger partial charge < -0.3 is 19.7 Å². The van der Waals surface area contributed by atoms with Crippen molar-refractivity contribution in [3.63, 3.8) is 0 Å². The van der Waals surface area contributed by atoms with E-state index in [1.807, 2.05) is 25.3 Å². The summed E-state index contributed by atoms with van der Waals surface area (Å²) >= 11 is 0. The second-order valence-corrected chi connectivity index (χ2v) is 8.91. The molecule has 1 aliphatic heterocycles. The average Bonchev–Trinajstić information content (AvgIpc) is 3.16. The van der Waals surface area contributed by atoms with Gasteiger partial charge in [-0.3, -0.25) is 4.90 Å². The highest BCUT2D eigenvalue weighted by Crippen LogP contribution is 2.37. The number of benzene rings is 2. The summed E-state index contributed by atoms with van der Waals surface area (Å²) in [6.45, 7) is 7.55. The van der Waals surface area contributed by atoms with Gasteiger partial charge in [-0.1, -0.05) is 30.3 Å². The smallest absolute Gasteiger partial charge is 0.161 e. The maximum Gasteiger partial charge on any atom is 0.161 e. The molecule has 0 atom stereocenters. The van der Waals surface area contributed by atoms with Crippen LogP contribution in [0.1, 0.15) is 11.3 Å². The van der Waals surface area contributed by atoms with Gasteiger partial charge in [-0.05, 0) is 48.9 Å². The molecule has 1 aliphatic rings. The first-order valence-corrected chi connectivity index (χ1v) is 11.4. The fraction of sp³-hybridized carbons (Fsp3) is 0.296. The van der Waals surface area contributed by atoms with Crippen LogP contribution in [0.5, 0.6) is 11.5 Å². The highest BCUT2D eigenvalue weighted by molar-refractivity contribution is 5.98. The Balaban J connectivity index is 1.44. The number of pyridine rings is 1. The van der Waals surface area contributed by atoms with Gasteiger partial charge >= 0.3 is 0 Å². The number of rotatable bonds is 5. The minimum Gasteiger partial charge on any atom is -0.504 e. The first-order valence-electron chi connectivity index (χ1n) is 11.4. The van der Waals surface area contributed by atoms with Gasteiger partial charge in [-0.15, -0.1) is 0 Å². The van der Waals surface area contributed by atoms with Crippen molar-refractivity contribution in [1.82, 2.24) is 19.8 Å². The van der Waals surface area contributed by atoms with Gasteiger partial charge in [0.2, 0.25) is 0 Å². The zero-order valence-corrected chi connectivity index (χ0v) is 19.4. The summed E-state index contributed by atoms with van der Waals surface area (Å²) < 4.78 is 5.32. The zero-order valence-electron chi connectivity index (χ0n) is 19.4. The number of hydrogen-bond donors (Lipinski definition) is 2. The minimum atomic E-state index is 0.134. The summed E-state index contributed by atoms with van der Waals surface area (Å²) in [4.78, 5) is 13.0. The van der Waals surface area contributed by atoms with Gasteiger partial charge in [0.25, 0.3) is 0 Å². The molecule has 3 heterocycles. The summed E-state index contributed by atoms with van der Waals surface area (Å²) in [6, 6.07) is 16.5. The van der Waals surface area contributed by atoms with Crippen molar-refractivity contribution in [3.8, 4) is 33.8 Å². The van der Waals surface area contributed by atoms with Crippen LogP contribution in [-0.2, 0) is 6.54 Å². The molecule has 6 nitrogen and oxygen atoms in total. The summed E-state index contributed by atoms with van der Waals surface area (Å²) in [6.07, 6.45) is 1.93. The fourth-order valence-corrected chi connectivity index (χ4v) is 4.63. The van der Waals surface area contributed by atoms with Gasteiger partial charge in [-0.25, -0.2) is 4.98 Å². The molecular weight excluding hydrogens is 412 g/mol. The maximum absolute atomic E-state index is 10.00. The van der Waals surface area contributed by atoms with Gasteiger partial charge in [0, 0.05) is 61.1 Å². The first kappa shape index (κ1) is 21.5. The number of aromatic amines is 1. The monoisotopic (exact) mass is 442 g/mol. The van der Waals surface area contributed by atoms with Crippen LogP contribution in [0.2, 0.25) is 0 Å². The maximum atomic E-state index is 10.00. The number of ether oxygens (including phenoxy) is 1. The number of hydrogen-bond acceptors (Lipinski definition) is 5. The van der Waals surface area contributed by atoms with E-state index in [0.29, 0.717) is 5.75 Å². The number of nitrogens with zero attached hydrogens (tertiary/aromatic N) is 3. The number of phenolic OH excluding ortho intramolecular Hbond substituents is 1. The molecule has 0 saturated carbocycles. The summed E-state index contributed by atoms with van der Waals surface area (Å²) in [5, 5.41) is 11.0. The van der Waals surface area contributed by atoms with Crippen molar-refractivity contribution in [1.29, 1.82) is 0 Å². The molecule has 2 aromatic carbocycles. The summed E-state index contributed by atoms with van der Waals surface area (Å²) in [5.74, 6) is 0.593. The first-order chi connectivity index (χ1) is 16.0. The second-order valence-electron chi connectivity index (χ2n) is 8.91. The molecule has 2 N–H and O–H groups in total. The number of aromatic hydroxyl groups is 1. The Morgan fingerprint density at radius 1 is 0.970 bits per heavy atom. The molecule has 4 aromatic rings. The number of fused-ring (bicyclic) bond motifs is 1. The zero-order chi connectivity index (χ0) is 22.9. The van der Waals surface area contributed by atoms with Crippen LogP contribution in [0.4, 0.5) is 0 Å². The molecular formula is C27H30N4O2. The third-order valence-corrected chi connectivity index (χ3v) is 6.60. The normalized spacial score (nSPS) is 15.2. The van der Waals surface area contributed by atoms with E-state index in [9.17, 15) is 5.11 Å². The molecule has 2 aromatic heterocycles. The molecule has 0 bridgehead atoms. The summed E-state index contributed by atoms with van der Waals surface area (Å²) in [7, 11) is 3.75. The highest BCUT2D eigenvalue weighted by Gasteiger charge is 2.16. The van der Waals surface area contributed by atoms with E-state index >= 15 is 0 Å². The number of aromatic nitrogens is 2. The lowest BCUT2D eigenvalue weighted by Gasteiger charge is -2.32. The van der Waals surface area contributed by atoms with Gasteiger partial charge in [0.05, 0.1) is 7.11 Å². The molecule has 0 spiro atoms.